The van der Waals surface area contributed by atoms with E-state index in [0.717, 1.165) is 14.8 Å². The van der Waals surface area contributed by atoms with Crippen LogP contribution in [-0.4, -0.2) is 9.55 Å². The highest BCUT2D eigenvalue weighted by molar-refractivity contribution is 14.1. The molecule has 102 valence electrons. The maximum atomic E-state index is 13.8. The molecule has 0 aliphatic carbocycles. The van der Waals surface area contributed by atoms with E-state index in [4.69, 9.17) is 23.8 Å². The average Bonchev–Trinajstić information content (AvgIpc) is 2.66. The van der Waals surface area contributed by atoms with E-state index in [0.29, 0.717) is 18.9 Å². The van der Waals surface area contributed by atoms with Gasteiger partial charge in [0.05, 0.1) is 25.3 Å². The number of rotatable bonds is 1. The lowest BCUT2D eigenvalue weighted by molar-refractivity contribution is 0.622. The number of fused-ring (bicyclic) bond motifs is 1. The lowest BCUT2D eigenvalue weighted by Crippen LogP contribution is -1.96. The molecule has 2 nitrogen and oxygen atoms in total. The minimum absolute atomic E-state index is 0.275. The van der Waals surface area contributed by atoms with Gasteiger partial charge in [0.25, 0.3) is 0 Å². The Hall–Kier alpha value is -0.190. The van der Waals surface area contributed by atoms with Crippen molar-refractivity contribution in [1.82, 2.24) is 9.55 Å². The molecule has 1 aromatic heterocycles. The molecular weight excluding hydrogens is 524 g/mol. The molecule has 7 heteroatoms. The third-order valence-electron chi connectivity index (χ3n) is 2.87. The zero-order valence-electron chi connectivity index (χ0n) is 9.75. The highest BCUT2D eigenvalue weighted by Crippen LogP contribution is 2.28. The van der Waals surface area contributed by atoms with Gasteiger partial charge >= 0.3 is 0 Å². The number of halogens is 4. The SMILES string of the molecule is Fc1cc2c(cc1I)[nH]c(=S)n2-c1ccc(I)cc1Cl. The molecule has 20 heavy (non-hydrogen) atoms. The van der Waals surface area contributed by atoms with Crippen molar-refractivity contribution < 1.29 is 4.39 Å². The number of nitrogens with zero attached hydrogens (tertiary/aromatic N) is 1. The van der Waals surface area contributed by atoms with Crippen molar-refractivity contribution in [3.63, 3.8) is 0 Å². The Bertz CT molecular complexity index is 888. The van der Waals surface area contributed by atoms with Gasteiger partial charge in [-0.3, -0.25) is 4.57 Å². The van der Waals surface area contributed by atoms with E-state index in [1.807, 2.05) is 40.8 Å². The first-order chi connectivity index (χ1) is 9.47. The second-order valence-corrected chi connectivity index (χ2v) is 7.35. The molecule has 0 atom stereocenters. The van der Waals surface area contributed by atoms with Gasteiger partial charge in [0.1, 0.15) is 5.82 Å². The fourth-order valence-electron chi connectivity index (χ4n) is 2.00. The molecule has 0 unspecified atom stereocenters. The zero-order chi connectivity index (χ0) is 14.4. The first-order valence-electron chi connectivity index (χ1n) is 5.52. The van der Waals surface area contributed by atoms with Gasteiger partial charge in [-0.15, -0.1) is 0 Å². The number of H-pyrrole nitrogens is 1. The number of hydrogen-bond acceptors (Lipinski definition) is 1. The molecule has 0 fully saturated rings. The number of aromatic amines is 1. The Morgan fingerprint density at radius 2 is 1.95 bits per heavy atom. The maximum Gasteiger partial charge on any atom is 0.182 e. The quantitative estimate of drug-likeness (QED) is 0.317. The number of imidazole rings is 1. The van der Waals surface area contributed by atoms with Crippen molar-refractivity contribution in [2.75, 3.05) is 0 Å². The first kappa shape index (κ1) is 14.7. The molecule has 0 amide bonds. The van der Waals surface area contributed by atoms with E-state index in [1.54, 1.807) is 10.6 Å². The fourth-order valence-corrected chi connectivity index (χ4v) is 3.72. The van der Waals surface area contributed by atoms with Gasteiger partial charge < -0.3 is 4.98 Å². The van der Waals surface area contributed by atoms with Crippen LogP contribution in [-0.2, 0) is 0 Å². The van der Waals surface area contributed by atoms with E-state index >= 15 is 0 Å². The minimum atomic E-state index is -0.275. The summed E-state index contributed by atoms with van der Waals surface area (Å²) < 4.78 is 17.6. The minimum Gasteiger partial charge on any atom is -0.330 e. The molecule has 0 aliphatic heterocycles. The van der Waals surface area contributed by atoms with E-state index < -0.39 is 0 Å². The molecular formula is C13H6ClFI2N2S. The Balaban J connectivity index is 2.39. The van der Waals surface area contributed by atoms with Gasteiger partial charge in [-0.1, -0.05) is 11.6 Å². The average molecular weight is 531 g/mol. The van der Waals surface area contributed by atoms with E-state index in [1.165, 1.54) is 6.07 Å². The van der Waals surface area contributed by atoms with Crippen molar-refractivity contribution in [3.05, 3.63) is 53.1 Å². The molecule has 1 heterocycles. The second-order valence-electron chi connectivity index (χ2n) is 4.14. The van der Waals surface area contributed by atoms with Crippen LogP contribution in [0.2, 0.25) is 5.02 Å². The van der Waals surface area contributed by atoms with Gasteiger partial charge in [0.15, 0.2) is 4.77 Å². The maximum absolute atomic E-state index is 13.8. The number of hydrogen-bond donors (Lipinski definition) is 1. The first-order valence-corrected chi connectivity index (χ1v) is 8.47. The highest BCUT2D eigenvalue weighted by Gasteiger charge is 2.12. The summed E-state index contributed by atoms with van der Waals surface area (Å²) >= 11 is 15.8. The summed E-state index contributed by atoms with van der Waals surface area (Å²) in [6, 6.07) is 8.87. The van der Waals surface area contributed by atoms with Crippen LogP contribution in [0.3, 0.4) is 0 Å². The molecule has 2 aromatic carbocycles. The predicted molar refractivity (Wildman–Crippen MR) is 98.9 cm³/mol. The van der Waals surface area contributed by atoms with E-state index in [-0.39, 0.29) is 5.82 Å². The van der Waals surface area contributed by atoms with Crippen molar-refractivity contribution in [1.29, 1.82) is 0 Å². The predicted octanol–water partition coefficient (Wildman–Crippen LogP) is 5.69. The standard InChI is InChI=1S/C13H6ClFI2N2S/c14-7-3-6(16)1-2-11(7)19-12-4-8(15)9(17)5-10(12)18-13(19)20/h1-5H,(H,18,20). The molecule has 0 spiro atoms. The fraction of sp³-hybridized carbons (Fsp3) is 0. The lowest BCUT2D eigenvalue weighted by atomic mass is 10.2. The Morgan fingerprint density at radius 1 is 1.20 bits per heavy atom. The second kappa shape index (κ2) is 5.54. The largest absolute Gasteiger partial charge is 0.330 e. The summed E-state index contributed by atoms with van der Waals surface area (Å²) in [5, 5.41) is 0.577. The number of nitrogens with one attached hydrogen (secondary N) is 1. The molecule has 0 radical (unpaired) electrons. The zero-order valence-corrected chi connectivity index (χ0v) is 15.6. The molecule has 3 rings (SSSR count). The van der Waals surface area contributed by atoms with Gasteiger partial charge in [-0.25, -0.2) is 4.39 Å². The summed E-state index contributed by atoms with van der Waals surface area (Å²) in [6.07, 6.45) is 0. The van der Waals surface area contributed by atoms with Crippen molar-refractivity contribution in [2.24, 2.45) is 0 Å². The van der Waals surface area contributed by atoms with Gasteiger partial charge in [0, 0.05) is 9.64 Å². The van der Waals surface area contributed by atoms with Crippen LogP contribution in [0.25, 0.3) is 16.7 Å². The number of aromatic nitrogens is 2. The summed E-state index contributed by atoms with van der Waals surface area (Å²) in [5.74, 6) is -0.275. The van der Waals surface area contributed by atoms with Crippen LogP contribution in [0, 0.1) is 17.7 Å². The summed E-state index contributed by atoms with van der Waals surface area (Å²) in [7, 11) is 0. The Kier molecular flexibility index (Phi) is 4.08. The monoisotopic (exact) mass is 530 g/mol. The molecule has 1 N–H and O–H groups in total. The van der Waals surface area contributed by atoms with Crippen LogP contribution in [0.15, 0.2) is 30.3 Å². The normalized spacial score (nSPS) is 11.2. The Labute approximate surface area is 151 Å². The van der Waals surface area contributed by atoms with Gasteiger partial charge in [-0.2, -0.15) is 0 Å². The van der Waals surface area contributed by atoms with Crippen LogP contribution in [0.5, 0.6) is 0 Å². The molecule has 0 bridgehead atoms. The topological polar surface area (TPSA) is 20.7 Å². The number of benzene rings is 2. The summed E-state index contributed by atoms with van der Waals surface area (Å²) in [4.78, 5) is 3.08. The third kappa shape index (κ3) is 2.51. The lowest BCUT2D eigenvalue weighted by Gasteiger charge is -2.07. The molecule has 0 aliphatic rings. The van der Waals surface area contributed by atoms with E-state index in [2.05, 4.69) is 27.6 Å². The van der Waals surface area contributed by atoms with Gasteiger partial charge in [-0.05, 0) is 81.7 Å². The summed E-state index contributed by atoms with van der Waals surface area (Å²) in [5.41, 5.74) is 2.20. The van der Waals surface area contributed by atoms with E-state index in [9.17, 15) is 4.39 Å². The summed E-state index contributed by atoms with van der Waals surface area (Å²) in [6.45, 7) is 0. The Morgan fingerprint density at radius 3 is 2.65 bits per heavy atom. The van der Waals surface area contributed by atoms with Crippen LogP contribution >= 0.6 is 69.0 Å². The van der Waals surface area contributed by atoms with Gasteiger partial charge in [0.2, 0.25) is 0 Å². The molecule has 0 saturated carbocycles. The van der Waals surface area contributed by atoms with Crippen molar-refractivity contribution >= 4 is 80.0 Å². The van der Waals surface area contributed by atoms with Crippen molar-refractivity contribution in [2.45, 2.75) is 0 Å². The van der Waals surface area contributed by atoms with Crippen molar-refractivity contribution in [3.8, 4) is 5.69 Å². The third-order valence-corrected chi connectivity index (χ3v) is 4.96. The molecule has 0 saturated heterocycles. The van der Waals surface area contributed by atoms with Crippen LogP contribution in [0.4, 0.5) is 4.39 Å². The molecule has 3 aromatic rings. The van der Waals surface area contributed by atoms with Crippen LogP contribution < -0.4 is 0 Å². The smallest absolute Gasteiger partial charge is 0.182 e. The van der Waals surface area contributed by atoms with Crippen LogP contribution in [0.1, 0.15) is 0 Å². The highest BCUT2D eigenvalue weighted by atomic mass is 127.